The van der Waals surface area contributed by atoms with Crippen LogP contribution in [-0.4, -0.2) is 37.4 Å². The summed E-state index contributed by atoms with van der Waals surface area (Å²) in [6.45, 7) is 5.00. The summed E-state index contributed by atoms with van der Waals surface area (Å²) in [6, 6.07) is 8.07. The number of hydrogen-bond acceptors (Lipinski definition) is 6. The first-order valence-corrected chi connectivity index (χ1v) is 10.7. The molecule has 0 unspecified atom stereocenters. The number of nitro groups is 1. The fourth-order valence-electron chi connectivity index (χ4n) is 3.49. The van der Waals surface area contributed by atoms with Crippen molar-refractivity contribution in [2.24, 2.45) is 0 Å². The van der Waals surface area contributed by atoms with Crippen LogP contribution in [0.15, 0.2) is 40.6 Å². The van der Waals surface area contributed by atoms with Crippen molar-refractivity contribution >= 4 is 27.0 Å². The summed E-state index contributed by atoms with van der Waals surface area (Å²) in [4.78, 5) is 13.7. The van der Waals surface area contributed by atoms with E-state index in [0.29, 0.717) is 12.6 Å². The molecule has 2 heterocycles. The third kappa shape index (κ3) is 3.66. The number of nitrogens with one attached hydrogen (secondary N) is 1. The summed E-state index contributed by atoms with van der Waals surface area (Å²) >= 11 is 1.73. The summed E-state index contributed by atoms with van der Waals surface area (Å²) < 4.78 is 27.5. The molecule has 1 N–H and O–H groups in total. The Labute approximate surface area is 156 Å². The Hall–Kier alpha value is -1.81. The lowest BCUT2D eigenvalue weighted by molar-refractivity contribution is -0.387. The van der Waals surface area contributed by atoms with Crippen molar-refractivity contribution in [2.45, 2.75) is 37.2 Å². The Kier molecular flexibility index (Phi) is 5.42. The molecule has 0 saturated carbocycles. The Morgan fingerprint density at radius 2 is 2.04 bits per heavy atom. The van der Waals surface area contributed by atoms with E-state index in [-0.39, 0.29) is 17.5 Å². The number of fused-ring (bicyclic) bond motifs is 1. The zero-order valence-electron chi connectivity index (χ0n) is 14.6. The molecule has 2 aromatic rings. The maximum atomic E-state index is 12.5. The minimum Gasteiger partial charge on any atom is -0.291 e. The number of nitrogens with zero attached hydrogens (tertiary/aromatic N) is 2. The van der Waals surface area contributed by atoms with E-state index >= 15 is 0 Å². The minimum absolute atomic E-state index is 0.198. The van der Waals surface area contributed by atoms with Crippen LogP contribution in [0.4, 0.5) is 5.69 Å². The number of para-hydroxylation sites is 1. The summed E-state index contributed by atoms with van der Waals surface area (Å²) in [7, 11) is -3.94. The molecule has 1 aliphatic heterocycles. The van der Waals surface area contributed by atoms with Crippen LogP contribution >= 0.6 is 11.3 Å². The van der Waals surface area contributed by atoms with Gasteiger partial charge in [-0.2, -0.15) is 0 Å². The number of sulfonamides is 1. The minimum atomic E-state index is -3.94. The monoisotopic (exact) mass is 395 g/mol. The Balaban J connectivity index is 1.69. The van der Waals surface area contributed by atoms with Crippen LogP contribution in [0.1, 0.15) is 30.3 Å². The van der Waals surface area contributed by atoms with Crippen molar-refractivity contribution in [1.82, 2.24) is 9.62 Å². The first-order valence-electron chi connectivity index (χ1n) is 8.36. The van der Waals surface area contributed by atoms with Crippen molar-refractivity contribution < 1.29 is 13.3 Å². The smallest absolute Gasteiger partial charge is 0.289 e. The standard InChI is InChI=1S/C17H21N3O4S2/c1-12-11-14-7-10-25-17(14)13(2)19(12)9-8-18-26(23,24)16-6-4-3-5-15(16)20(21)22/h3-7,10,12-13,18H,8-9,11H2,1-2H3/t12-,13+/m1/s1. The quantitative estimate of drug-likeness (QED) is 0.600. The molecule has 140 valence electrons. The molecule has 0 saturated heterocycles. The molecule has 1 aliphatic rings. The fourth-order valence-corrected chi connectivity index (χ4v) is 5.69. The second-order valence-corrected chi connectivity index (χ2v) is 9.08. The Bertz CT molecular complexity index is 910. The summed E-state index contributed by atoms with van der Waals surface area (Å²) in [5.74, 6) is 0. The van der Waals surface area contributed by atoms with Gasteiger partial charge in [0, 0.05) is 36.1 Å². The van der Waals surface area contributed by atoms with Crippen LogP contribution in [0.5, 0.6) is 0 Å². The lowest BCUT2D eigenvalue weighted by atomic mass is 9.97. The molecule has 0 spiro atoms. The molecule has 7 nitrogen and oxygen atoms in total. The largest absolute Gasteiger partial charge is 0.291 e. The molecule has 1 aromatic carbocycles. The van der Waals surface area contributed by atoms with Gasteiger partial charge in [0.25, 0.3) is 5.69 Å². The molecule has 2 atom stereocenters. The highest BCUT2D eigenvalue weighted by Gasteiger charge is 2.30. The number of thiophene rings is 1. The lowest BCUT2D eigenvalue weighted by Crippen LogP contribution is -2.44. The van der Waals surface area contributed by atoms with E-state index in [1.54, 1.807) is 11.3 Å². The molecule has 0 fully saturated rings. The molecule has 1 aromatic heterocycles. The van der Waals surface area contributed by atoms with Gasteiger partial charge in [0.1, 0.15) is 0 Å². The fraction of sp³-hybridized carbons (Fsp3) is 0.412. The van der Waals surface area contributed by atoms with Gasteiger partial charge in [-0.1, -0.05) is 12.1 Å². The van der Waals surface area contributed by atoms with Gasteiger partial charge in [0.2, 0.25) is 10.0 Å². The van der Waals surface area contributed by atoms with Gasteiger partial charge in [-0.25, -0.2) is 13.1 Å². The Morgan fingerprint density at radius 3 is 2.77 bits per heavy atom. The van der Waals surface area contributed by atoms with Crippen molar-refractivity contribution in [1.29, 1.82) is 0 Å². The van der Waals surface area contributed by atoms with Crippen LogP contribution in [0, 0.1) is 10.1 Å². The maximum Gasteiger partial charge on any atom is 0.289 e. The van der Waals surface area contributed by atoms with E-state index in [4.69, 9.17) is 0 Å². The highest BCUT2D eigenvalue weighted by molar-refractivity contribution is 7.89. The van der Waals surface area contributed by atoms with Crippen molar-refractivity contribution in [3.8, 4) is 0 Å². The highest BCUT2D eigenvalue weighted by atomic mass is 32.2. The summed E-state index contributed by atoms with van der Waals surface area (Å²) in [5.41, 5.74) is 0.953. The molecular weight excluding hydrogens is 374 g/mol. The van der Waals surface area contributed by atoms with Gasteiger partial charge in [-0.05, 0) is 43.3 Å². The van der Waals surface area contributed by atoms with Crippen LogP contribution in [0.3, 0.4) is 0 Å². The van der Waals surface area contributed by atoms with Crippen LogP contribution in [-0.2, 0) is 16.4 Å². The van der Waals surface area contributed by atoms with E-state index in [2.05, 4.69) is 34.9 Å². The molecule has 3 rings (SSSR count). The predicted octanol–water partition coefficient (Wildman–Crippen LogP) is 2.94. The van der Waals surface area contributed by atoms with Crippen LogP contribution < -0.4 is 4.72 Å². The van der Waals surface area contributed by atoms with E-state index in [1.807, 2.05) is 0 Å². The zero-order chi connectivity index (χ0) is 18.9. The lowest BCUT2D eigenvalue weighted by Gasteiger charge is -2.38. The average molecular weight is 396 g/mol. The Morgan fingerprint density at radius 1 is 1.31 bits per heavy atom. The van der Waals surface area contributed by atoms with E-state index in [1.165, 1.54) is 34.7 Å². The SMILES string of the molecule is C[C@@H]1Cc2ccsc2[C@H](C)N1CCNS(=O)(=O)c1ccccc1[N+](=O)[O-]. The number of nitro benzene ring substituents is 1. The summed E-state index contributed by atoms with van der Waals surface area (Å²) in [5, 5.41) is 13.2. The molecule has 0 amide bonds. The van der Waals surface area contributed by atoms with Gasteiger partial charge in [0.15, 0.2) is 4.90 Å². The topological polar surface area (TPSA) is 92.6 Å². The van der Waals surface area contributed by atoms with Gasteiger partial charge >= 0.3 is 0 Å². The molecule has 0 radical (unpaired) electrons. The molecular formula is C17H21N3O4S2. The van der Waals surface area contributed by atoms with E-state index in [0.717, 1.165) is 6.42 Å². The first kappa shape index (κ1) is 19.0. The molecule has 0 aliphatic carbocycles. The van der Waals surface area contributed by atoms with E-state index in [9.17, 15) is 18.5 Å². The van der Waals surface area contributed by atoms with Crippen molar-refractivity contribution in [2.75, 3.05) is 13.1 Å². The van der Waals surface area contributed by atoms with Gasteiger partial charge in [-0.15, -0.1) is 11.3 Å². The second kappa shape index (κ2) is 7.43. The van der Waals surface area contributed by atoms with Crippen molar-refractivity contribution in [3.63, 3.8) is 0 Å². The number of hydrogen-bond donors (Lipinski definition) is 1. The van der Waals surface area contributed by atoms with Gasteiger partial charge in [-0.3, -0.25) is 15.0 Å². The predicted molar refractivity (Wildman–Crippen MR) is 101 cm³/mol. The molecule has 0 bridgehead atoms. The average Bonchev–Trinajstić information content (AvgIpc) is 3.06. The van der Waals surface area contributed by atoms with Gasteiger partial charge < -0.3 is 0 Å². The van der Waals surface area contributed by atoms with Crippen LogP contribution in [0.25, 0.3) is 0 Å². The summed E-state index contributed by atoms with van der Waals surface area (Å²) in [6.07, 6.45) is 0.945. The maximum absolute atomic E-state index is 12.5. The van der Waals surface area contributed by atoms with E-state index < -0.39 is 20.6 Å². The molecule has 9 heteroatoms. The first-order chi connectivity index (χ1) is 12.3. The third-order valence-corrected chi connectivity index (χ3v) is 7.39. The van der Waals surface area contributed by atoms with Crippen molar-refractivity contribution in [3.05, 3.63) is 56.3 Å². The number of rotatable bonds is 6. The van der Waals surface area contributed by atoms with Gasteiger partial charge in [0.05, 0.1) is 4.92 Å². The highest BCUT2D eigenvalue weighted by Crippen LogP contribution is 2.36. The zero-order valence-corrected chi connectivity index (χ0v) is 16.2. The second-order valence-electron chi connectivity index (χ2n) is 6.40. The normalized spacial score (nSPS) is 20.7. The third-order valence-electron chi connectivity index (χ3n) is 4.75. The van der Waals surface area contributed by atoms with Crippen LogP contribution in [0.2, 0.25) is 0 Å². The number of benzene rings is 1. The molecule has 26 heavy (non-hydrogen) atoms.